The zero-order valence-electron chi connectivity index (χ0n) is 11.7. The maximum atomic E-state index is 8.87. The van der Waals surface area contributed by atoms with Crippen LogP contribution in [-0.4, -0.2) is 54.0 Å². The molecule has 0 unspecified atom stereocenters. The molecule has 0 atom stereocenters. The van der Waals surface area contributed by atoms with Crippen LogP contribution < -0.4 is 11.1 Å². The second kappa shape index (κ2) is 5.99. The molecule has 3 rings (SSSR count). The van der Waals surface area contributed by atoms with Gasteiger partial charge in [-0.25, -0.2) is 0 Å². The van der Waals surface area contributed by atoms with E-state index in [1.165, 1.54) is 6.20 Å². The van der Waals surface area contributed by atoms with Gasteiger partial charge >= 0.3 is 0 Å². The van der Waals surface area contributed by atoms with Gasteiger partial charge in [0.1, 0.15) is 6.07 Å². The molecule has 3 N–H and O–H groups in total. The number of pyridine rings is 1. The molecule has 0 aliphatic carbocycles. The molecule has 7 heteroatoms. The van der Waals surface area contributed by atoms with Crippen molar-refractivity contribution in [3.05, 3.63) is 23.5 Å². The molecule has 0 saturated carbocycles. The van der Waals surface area contributed by atoms with Crippen LogP contribution in [0.5, 0.6) is 0 Å². The minimum atomic E-state index is 0.388. The molecule has 0 spiro atoms. The Morgan fingerprint density at radius 2 is 2.14 bits per heavy atom. The Hall–Kier alpha value is -2.30. The van der Waals surface area contributed by atoms with Crippen molar-refractivity contribution < 1.29 is 0 Å². The number of nitrogens with zero attached hydrogens (tertiary/aromatic N) is 5. The lowest BCUT2D eigenvalue weighted by molar-refractivity contribution is 0.271. The average molecular weight is 283 g/mol. The summed E-state index contributed by atoms with van der Waals surface area (Å²) >= 11 is 0. The second-order valence-electron chi connectivity index (χ2n) is 5.18. The van der Waals surface area contributed by atoms with Crippen LogP contribution in [-0.2, 0) is 0 Å². The minimum Gasteiger partial charge on any atom is -0.398 e. The summed E-state index contributed by atoms with van der Waals surface area (Å²) in [6.07, 6.45) is 2.18. The fraction of sp³-hybridized carbons (Fsp3) is 0.429. The highest BCUT2D eigenvalue weighted by Gasteiger charge is 2.19. The summed E-state index contributed by atoms with van der Waals surface area (Å²) in [7, 11) is 0. The van der Waals surface area contributed by atoms with Crippen LogP contribution in [0, 0.1) is 11.3 Å². The summed E-state index contributed by atoms with van der Waals surface area (Å²) in [4.78, 5) is 6.61. The van der Waals surface area contributed by atoms with Gasteiger partial charge in [-0.3, -0.25) is 9.88 Å². The summed E-state index contributed by atoms with van der Waals surface area (Å²) in [6, 6.07) is 3.70. The molecular formula is C14H17N7. The summed E-state index contributed by atoms with van der Waals surface area (Å²) in [5, 5.41) is 20.7. The number of anilines is 1. The van der Waals surface area contributed by atoms with Crippen LogP contribution in [0.4, 0.5) is 5.69 Å². The molecule has 1 fully saturated rings. The highest BCUT2D eigenvalue weighted by atomic mass is 15.3. The van der Waals surface area contributed by atoms with Crippen LogP contribution in [0.3, 0.4) is 0 Å². The van der Waals surface area contributed by atoms with Crippen LogP contribution in [0.25, 0.3) is 0 Å². The first-order valence-corrected chi connectivity index (χ1v) is 6.97. The van der Waals surface area contributed by atoms with Crippen molar-refractivity contribution in [3.63, 3.8) is 0 Å². The van der Waals surface area contributed by atoms with Gasteiger partial charge in [-0.1, -0.05) is 0 Å². The largest absolute Gasteiger partial charge is 0.398 e. The predicted octanol–water partition coefficient (Wildman–Crippen LogP) is -0.0105. The van der Waals surface area contributed by atoms with E-state index in [4.69, 9.17) is 11.0 Å². The number of hydrogen-bond acceptors (Lipinski definition) is 7. The third-order valence-corrected chi connectivity index (χ3v) is 3.65. The van der Waals surface area contributed by atoms with E-state index >= 15 is 0 Å². The molecule has 2 aliphatic heterocycles. The Morgan fingerprint density at radius 1 is 1.33 bits per heavy atom. The van der Waals surface area contributed by atoms with E-state index in [2.05, 4.69) is 25.4 Å². The minimum absolute atomic E-state index is 0.388. The van der Waals surface area contributed by atoms with E-state index in [-0.39, 0.29) is 0 Å². The Kier molecular flexibility index (Phi) is 3.90. The van der Waals surface area contributed by atoms with Gasteiger partial charge in [0.25, 0.3) is 0 Å². The average Bonchev–Trinajstić information content (AvgIpc) is 2.97. The Bertz CT molecular complexity index is 635. The van der Waals surface area contributed by atoms with Crippen molar-refractivity contribution >= 4 is 17.1 Å². The van der Waals surface area contributed by atoms with E-state index in [1.807, 2.05) is 6.07 Å². The van der Waals surface area contributed by atoms with Gasteiger partial charge in [-0.15, -0.1) is 0 Å². The number of nitrogen functional groups attached to an aromatic ring is 1. The van der Waals surface area contributed by atoms with Gasteiger partial charge in [0, 0.05) is 45.3 Å². The van der Waals surface area contributed by atoms with Crippen LogP contribution in [0.1, 0.15) is 17.7 Å². The third-order valence-electron chi connectivity index (χ3n) is 3.65. The van der Waals surface area contributed by atoms with E-state index < -0.39 is 0 Å². The van der Waals surface area contributed by atoms with Gasteiger partial charge in [0.15, 0.2) is 0 Å². The Labute approximate surface area is 123 Å². The molecule has 1 aromatic rings. The summed E-state index contributed by atoms with van der Waals surface area (Å²) < 4.78 is 0. The quantitative estimate of drug-likeness (QED) is 0.812. The number of piperazine rings is 1. The van der Waals surface area contributed by atoms with Gasteiger partial charge in [0.05, 0.1) is 28.4 Å². The van der Waals surface area contributed by atoms with Crippen molar-refractivity contribution in [1.82, 2.24) is 15.2 Å². The van der Waals surface area contributed by atoms with E-state index in [0.29, 0.717) is 23.4 Å². The van der Waals surface area contributed by atoms with Crippen LogP contribution in [0.15, 0.2) is 22.5 Å². The maximum Gasteiger partial charge on any atom is 0.103 e. The summed E-state index contributed by atoms with van der Waals surface area (Å²) in [5.74, 6) is 0. The van der Waals surface area contributed by atoms with Crippen molar-refractivity contribution in [3.8, 4) is 6.07 Å². The predicted molar refractivity (Wildman–Crippen MR) is 81.3 cm³/mol. The fourth-order valence-corrected chi connectivity index (χ4v) is 2.47. The molecule has 2 aliphatic rings. The van der Waals surface area contributed by atoms with Crippen molar-refractivity contribution in [2.24, 2.45) is 10.2 Å². The second-order valence-corrected chi connectivity index (χ2v) is 5.18. The molecule has 0 aromatic carbocycles. The monoisotopic (exact) mass is 283 g/mol. The number of nitriles is 1. The smallest absolute Gasteiger partial charge is 0.103 e. The first-order valence-electron chi connectivity index (χ1n) is 6.97. The number of aromatic nitrogens is 1. The number of nitrogens with one attached hydrogen (secondary N) is 1. The zero-order chi connectivity index (χ0) is 14.7. The Balaban J connectivity index is 1.63. The molecule has 3 heterocycles. The molecule has 0 bridgehead atoms. The van der Waals surface area contributed by atoms with Crippen molar-refractivity contribution in [1.29, 1.82) is 5.26 Å². The lowest BCUT2D eigenvalue weighted by Gasteiger charge is -2.26. The molecule has 108 valence electrons. The van der Waals surface area contributed by atoms with E-state index in [0.717, 1.165) is 44.1 Å². The SMILES string of the molecule is N#Cc1cnc(C2=NN=C(CN3CCNCC3)C2)cc1N. The highest BCUT2D eigenvalue weighted by Crippen LogP contribution is 2.16. The van der Waals surface area contributed by atoms with E-state index in [9.17, 15) is 0 Å². The molecular weight excluding hydrogens is 266 g/mol. The summed E-state index contributed by atoms with van der Waals surface area (Å²) in [5.41, 5.74) is 9.20. The van der Waals surface area contributed by atoms with Crippen molar-refractivity contribution in [2.45, 2.75) is 6.42 Å². The lowest BCUT2D eigenvalue weighted by atomic mass is 10.1. The molecule has 7 nitrogen and oxygen atoms in total. The summed E-state index contributed by atoms with van der Waals surface area (Å²) in [6.45, 7) is 4.97. The van der Waals surface area contributed by atoms with Gasteiger partial charge in [0.2, 0.25) is 0 Å². The Morgan fingerprint density at radius 3 is 2.86 bits per heavy atom. The highest BCUT2D eigenvalue weighted by molar-refractivity contribution is 6.15. The molecule has 0 radical (unpaired) electrons. The molecule has 1 aromatic heterocycles. The van der Waals surface area contributed by atoms with Crippen LogP contribution in [0.2, 0.25) is 0 Å². The molecule has 21 heavy (non-hydrogen) atoms. The number of rotatable bonds is 3. The van der Waals surface area contributed by atoms with Crippen molar-refractivity contribution in [2.75, 3.05) is 38.5 Å². The van der Waals surface area contributed by atoms with Gasteiger partial charge in [-0.2, -0.15) is 15.5 Å². The standard InChI is InChI=1S/C14H17N7/c15-7-10-8-18-13(6-12(10)16)14-5-11(19-20-14)9-21-3-1-17-2-4-21/h6,8,17H,1-5,9H2,(H2,16,18). The number of hydrogen-bond donors (Lipinski definition) is 2. The van der Waals surface area contributed by atoms with Gasteiger partial charge < -0.3 is 11.1 Å². The molecule has 1 saturated heterocycles. The normalized spacial score (nSPS) is 19.0. The topological polar surface area (TPSA) is 103 Å². The lowest BCUT2D eigenvalue weighted by Crippen LogP contribution is -2.45. The number of nitrogens with two attached hydrogens (primary N) is 1. The zero-order valence-corrected chi connectivity index (χ0v) is 11.7. The van der Waals surface area contributed by atoms with Crippen LogP contribution >= 0.6 is 0 Å². The first-order chi connectivity index (χ1) is 10.3. The third kappa shape index (κ3) is 3.07. The first kappa shape index (κ1) is 13.7. The van der Waals surface area contributed by atoms with Gasteiger partial charge in [-0.05, 0) is 6.07 Å². The maximum absolute atomic E-state index is 8.87. The molecule has 0 amide bonds. The fourth-order valence-electron chi connectivity index (χ4n) is 2.47. The van der Waals surface area contributed by atoms with E-state index in [1.54, 1.807) is 6.07 Å².